The van der Waals surface area contributed by atoms with Crippen molar-refractivity contribution in [2.75, 3.05) is 16.4 Å². The van der Waals surface area contributed by atoms with Gasteiger partial charge in [-0.1, -0.05) is 6.07 Å². The van der Waals surface area contributed by atoms with Gasteiger partial charge in [0.05, 0.1) is 11.7 Å². The lowest BCUT2D eigenvalue weighted by Crippen LogP contribution is -2.12. The number of nitrogens with zero attached hydrogens (tertiary/aromatic N) is 4. The first-order valence-electron chi connectivity index (χ1n) is 9.07. The van der Waals surface area contributed by atoms with E-state index in [0.29, 0.717) is 23.0 Å². The third kappa shape index (κ3) is 4.32. The van der Waals surface area contributed by atoms with Gasteiger partial charge in [-0.15, -0.1) is 0 Å². The van der Waals surface area contributed by atoms with E-state index in [9.17, 15) is 8.78 Å². The van der Waals surface area contributed by atoms with Gasteiger partial charge >= 0.3 is 0 Å². The molecule has 3 heterocycles. The molecular weight excluding hydrogens is 390 g/mol. The predicted octanol–water partition coefficient (Wildman–Crippen LogP) is 4.04. The molecule has 8 nitrogen and oxygen atoms in total. The average molecular weight is 408 g/mol. The second kappa shape index (κ2) is 8.11. The van der Waals surface area contributed by atoms with Gasteiger partial charge in [-0.3, -0.25) is 10.1 Å². The number of anilines is 4. The lowest BCUT2D eigenvalue weighted by Gasteiger charge is -2.16. The van der Waals surface area contributed by atoms with Gasteiger partial charge in [0, 0.05) is 41.7 Å². The Morgan fingerprint density at radius 1 is 0.967 bits per heavy atom. The summed E-state index contributed by atoms with van der Waals surface area (Å²) < 4.78 is 27.2. The minimum Gasteiger partial charge on any atom is -0.368 e. The molecule has 1 unspecified atom stereocenters. The van der Waals surface area contributed by atoms with Gasteiger partial charge in [0.1, 0.15) is 23.3 Å². The third-order valence-electron chi connectivity index (χ3n) is 4.36. The standard InChI is InChI=1S/C20H18F2N8/c1-11(14-3-2-13(21)8-15(14)22)25-17-10-18(28-20(23)27-17)26-19-9-16(29-30-19)12-4-6-24-7-5-12/h2-11H,1H3,(H5,23,25,26,27,28,29,30). The average Bonchev–Trinajstić information content (AvgIpc) is 3.16. The van der Waals surface area contributed by atoms with E-state index < -0.39 is 17.7 Å². The number of H-pyrrole nitrogens is 1. The van der Waals surface area contributed by atoms with E-state index >= 15 is 0 Å². The van der Waals surface area contributed by atoms with Crippen LogP contribution in [0.5, 0.6) is 0 Å². The Balaban J connectivity index is 1.51. The molecule has 30 heavy (non-hydrogen) atoms. The van der Waals surface area contributed by atoms with Crippen LogP contribution in [0.25, 0.3) is 11.3 Å². The molecule has 5 N–H and O–H groups in total. The fourth-order valence-corrected chi connectivity index (χ4v) is 2.95. The molecule has 4 aromatic rings. The van der Waals surface area contributed by atoms with Crippen molar-refractivity contribution >= 4 is 23.4 Å². The van der Waals surface area contributed by atoms with Crippen LogP contribution in [-0.2, 0) is 0 Å². The molecule has 0 aliphatic carbocycles. The van der Waals surface area contributed by atoms with Gasteiger partial charge < -0.3 is 16.4 Å². The molecule has 0 radical (unpaired) electrons. The number of aromatic nitrogens is 5. The van der Waals surface area contributed by atoms with E-state index in [1.54, 1.807) is 25.4 Å². The predicted molar refractivity (Wildman–Crippen MR) is 110 cm³/mol. The largest absolute Gasteiger partial charge is 0.368 e. The Labute approximate surface area is 170 Å². The minimum atomic E-state index is -0.643. The SMILES string of the molecule is CC(Nc1cc(Nc2cc(-c3ccncc3)[nH]n2)nc(N)n1)c1ccc(F)cc1F. The van der Waals surface area contributed by atoms with Crippen LogP contribution in [0.4, 0.5) is 32.2 Å². The first-order chi connectivity index (χ1) is 14.5. The van der Waals surface area contributed by atoms with Crippen LogP contribution in [0.3, 0.4) is 0 Å². The van der Waals surface area contributed by atoms with Crippen LogP contribution in [-0.4, -0.2) is 25.1 Å². The van der Waals surface area contributed by atoms with Crippen LogP contribution >= 0.6 is 0 Å². The summed E-state index contributed by atoms with van der Waals surface area (Å²) in [6.07, 6.45) is 3.38. The van der Waals surface area contributed by atoms with Crippen molar-refractivity contribution in [1.29, 1.82) is 0 Å². The van der Waals surface area contributed by atoms with Gasteiger partial charge in [0.25, 0.3) is 0 Å². The molecule has 1 atom stereocenters. The van der Waals surface area contributed by atoms with Gasteiger partial charge in [-0.2, -0.15) is 15.1 Å². The molecule has 0 bridgehead atoms. The lowest BCUT2D eigenvalue weighted by molar-refractivity contribution is 0.566. The Kier molecular flexibility index (Phi) is 5.21. The zero-order valence-electron chi connectivity index (χ0n) is 15.9. The number of aromatic amines is 1. The Hall–Kier alpha value is -4.08. The number of halogens is 2. The van der Waals surface area contributed by atoms with Crippen molar-refractivity contribution in [2.24, 2.45) is 0 Å². The van der Waals surface area contributed by atoms with Crippen molar-refractivity contribution in [3.63, 3.8) is 0 Å². The molecule has 0 spiro atoms. The molecule has 0 fully saturated rings. The van der Waals surface area contributed by atoms with E-state index in [-0.39, 0.29) is 5.95 Å². The molecular formula is C20H18F2N8. The van der Waals surface area contributed by atoms with Crippen LogP contribution in [0.2, 0.25) is 0 Å². The summed E-state index contributed by atoms with van der Waals surface area (Å²) in [7, 11) is 0. The molecule has 1 aromatic carbocycles. The third-order valence-corrected chi connectivity index (χ3v) is 4.36. The fourth-order valence-electron chi connectivity index (χ4n) is 2.95. The van der Waals surface area contributed by atoms with Crippen LogP contribution in [0, 0.1) is 11.6 Å². The van der Waals surface area contributed by atoms with E-state index in [0.717, 1.165) is 17.3 Å². The van der Waals surface area contributed by atoms with Crippen molar-refractivity contribution in [3.8, 4) is 11.3 Å². The molecule has 3 aromatic heterocycles. The molecule has 0 aliphatic heterocycles. The van der Waals surface area contributed by atoms with E-state index in [1.165, 1.54) is 12.1 Å². The summed E-state index contributed by atoms with van der Waals surface area (Å²) in [6.45, 7) is 1.73. The second-order valence-electron chi connectivity index (χ2n) is 6.56. The van der Waals surface area contributed by atoms with Crippen molar-refractivity contribution in [2.45, 2.75) is 13.0 Å². The maximum Gasteiger partial charge on any atom is 0.223 e. The Morgan fingerprint density at radius 2 is 1.73 bits per heavy atom. The second-order valence-corrected chi connectivity index (χ2v) is 6.56. The lowest BCUT2D eigenvalue weighted by atomic mass is 10.1. The van der Waals surface area contributed by atoms with E-state index in [1.807, 2.05) is 18.2 Å². The summed E-state index contributed by atoms with van der Waals surface area (Å²) in [5.74, 6) is 0.0697. The van der Waals surface area contributed by atoms with Gasteiger partial charge in [-0.05, 0) is 25.1 Å². The number of benzene rings is 1. The molecule has 0 amide bonds. The first-order valence-corrected chi connectivity index (χ1v) is 9.07. The van der Waals surface area contributed by atoms with Gasteiger partial charge in [0.2, 0.25) is 5.95 Å². The molecule has 4 rings (SSSR count). The number of rotatable bonds is 6. The van der Waals surface area contributed by atoms with Crippen LogP contribution in [0.15, 0.2) is 54.9 Å². The highest BCUT2D eigenvalue weighted by atomic mass is 19.1. The highest BCUT2D eigenvalue weighted by molar-refractivity contribution is 5.65. The maximum atomic E-state index is 14.0. The highest BCUT2D eigenvalue weighted by Gasteiger charge is 2.14. The van der Waals surface area contributed by atoms with Crippen molar-refractivity contribution in [1.82, 2.24) is 25.1 Å². The summed E-state index contributed by atoms with van der Waals surface area (Å²) in [5.41, 5.74) is 7.86. The van der Waals surface area contributed by atoms with Crippen LogP contribution < -0.4 is 16.4 Å². The monoisotopic (exact) mass is 408 g/mol. The van der Waals surface area contributed by atoms with E-state index in [4.69, 9.17) is 5.73 Å². The number of nitrogen functional groups attached to an aromatic ring is 1. The summed E-state index contributed by atoms with van der Waals surface area (Å²) in [4.78, 5) is 12.3. The number of hydrogen-bond donors (Lipinski definition) is 4. The van der Waals surface area contributed by atoms with E-state index in [2.05, 4.69) is 35.8 Å². The zero-order chi connectivity index (χ0) is 21.1. The smallest absolute Gasteiger partial charge is 0.223 e. The first kappa shape index (κ1) is 19.2. The fraction of sp³-hybridized carbons (Fsp3) is 0.100. The normalized spacial score (nSPS) is 11.8. The Bertz CT molecular complexity index is 1160. The topological polar surface area (TPSA) is 117 Å². The quantitative estimate of drug-likeness (QED) is 0.380. The molecule has 0 saturated carbocycles. The van der Waals surface area contributed by atoms with Gasteiger partial charge in [0.15, 0.2) is 5.82 Å². The summed E-state index contributed by atoms with van der Waals surface area (Å²) >= 11 is 0. The van der Waals surface area contributed by atoms with Crippen molar-refractivity contribution < 1.29 is 8.78 Å². The van der Waals surface area contributed by atoms with Crippen molar-refractivity contribution in [3.05, 3.63) is 72.1 Å². The summed E-state index contributed by atoms with van der Waals surface area (Å²) in [5, 5.41) is 13.2. The Morgan fingerprint density at radius 3 is 2.50 bits per heavy atom. The maximum absolute atomic E-state index is 14.0. The molecule has 0 saturated heterocycles. The number of nitrogens with one attached hydrogen (secondary N) is 3. The number of pyridine rings is 1. The molecule has 0 aliphatic rings. The minimum absolute atomic E-state index is 0.0270. The molecule has 10 heteroatoms. The summed E-state index contributed by atoms with van der Waals surface area (Å²) in [6, 6.07) is 10.1. The molecule has 152 valence electrons. The highest BCUT2D eigenvalue weighted by Crippen LogP contribution is 2.25. The van der Waals surface area contributed by atoms with Crippen LogP contribution in [0.1, 0.15) is 18.5 Å². The zero-order valence-corrected chi connectivity index (χ0v) is 15.9. The number of nitrogens with two attached hydrogens (primary N) is 1. The van der Waals surface area contributed by atoms with Gasteiger partial charge in [-0.25, -0.2) is 8.78 Å². The number of hydrogen-bond acceptors (Lipinski definition) is 7.